The Hall–Kier alpha value is -2.67. The van der Waals surface area contributed by atoms with Crippen LogP contribution in [-0.4, -0.2) is 34.5 Å². The summed E-state index contributed by atoms with van der Waals surface area (Å²) < 4.78 is 11.8. The molecule has 1 saturated heterocycles. The van der Waals surface area contributed by atoms with Crippen molar-refractivity contribution in [2.75, 3.05) is 0 Å². The smallest absolute Gasteiger partial charge is 0.417 e. The molecule has 0 aliphatic carbocycles. The molecule has 7 heteroatoms. The highest BCUT2D eigenvalue weighted by Crippen LogP contribution is 2.33. The number of amides is 2. The number of hydrogen-bond donors (Lipinski definition) is 0. The lowest BCUT2D eigenvalue weighted by Gasteiger charge is -2.28. The number of nitrogens with zero attached hydrogens (tertiary/aromatic N) is 1. The lowest BCUT2D eigenvalue weighted by atomic mass is 9.92. The fourth-order valence-electron chi connectivity index (χ4n) is 3.57. The molecule has 31 heavy (non-hydrogen) atoms. The minimum atomic E-state index is -1.04. The number of benzene rings is 2. The number of rotatable bonds is 5. The average Bonchev–Trinajstić information content (AvgIpc) is 3.03. The van der Waals surface area contributed by atoms with E-state index in [0.717, 1.165) is 20.5 Å². The third-order valence-corrected chi connectivity index (χ3v) is 5.70. The number of hydrogen-bond acceptors (Lipinski definition) is 5. The highest BCUT2D eigenvalue weighted by Gasteiger charge is 2.49. The van der Waals surface area contributed by atoms with Gasteiger partial charge in [0.15, 0.2) is 0 Å². The largest absolute Gasteiger partial charge is 0.459 e. The molecule has 164 valence electrons. The van der Waals surface area contributed by atoms with Crippen LogP contribution in [0.2, 0.25) is 0 Å². The number of imide groups is 1. The van der Waals surface area contributed by atoms with Gasteiger partial charge in [0.05, 0.1) is 0 Å². The molecule has 0 bridgehead atoms. The molecule has 0 saturated carbocycles. The monoisotopic (exact) mass is 487 g/mol. The molecule has 0 spiro atoms. The summed E-state index contributed by atoms with van der Waals surface area (Å²) in [5.41, 5.74) is 0.981. The molecular weight excluding hydrogens is 462 g/mol. The standard InChI is InChI=1S/C24H26BrNO5/c1-24(2,3)31-23(29)26-20(27)14-18(13-17-11-7-8-12-19(17)25)21(26)22(28)30-15-16-9-5-4-6-10-16/h4-12,18,21H,13-15H2,1-3H3/t18-,21?/m1/s1. The average molecular weight is 488 g/mol. The summed E-state index contributed by atoms with van der Waals surface area (Å²) >= 11 is 3.51. The van der Waals surface area contributed by atoms with Crippen LogP contribution in [0.5, 0.6) is 0 Å². The predicted octanol–water partition coefficient (Wildman–Crippen LogP) is 4.89. The van der Waals surface area contributed by atoms with Crippen molar-refractivity contribution in [1.29, 1.82) is 0 Å². The Morgan fingerprint density at radius 3 is 2.35 bits per heavy atom. The third kappa shape index (κ3) is 5.94. The Kier molecular flexibility index (Phi) is 7.15. The van der Waals surface area contributed by atoms with Gasteiger partial charge in [0.2, 0.25) is 5.91 Å². The van der Waals surface area contributed by atoms with E-state index in [1.54, 1.807) is 20.8 Å². The number of carbonyl (C=O) groups is 3. The van der Waals surface area contributed by atoms with Crippen LogP contribution in [0.4, 0.5) is 4.79 Å². The zero-order valence-corrected chi connectivity index (χ0v) is 19.4. The van der Waals surface area contributed by atoms with Crippen LogP contribution in [0.25, 0.3) is 0 Å². The summed E-state index contributed by atoms with van der Waals surface area (Å²) in [7, 11) is 0. The molecule has 1 aliphatic heterocycles. The summed E-state index contributed by atoms with van der Waals surface area (Å²) in [6.45, 7) is 5.21. The lowest BCUT2D eigenvalue weighted by Crippen LogP contribution is -2.48. The van der Waals surface area contributed by atoms with Crippen LogP contribution in [0.3, 0.4) is 0 Å². The van der Waals surface area contributed by atoms with Gasteiger partial charge in [-0.15, -0.1) is 0 Å². The maximum absolute atomic E-state index is 13.1. The summed E-state index contributed by atoms with van der Waals surface area (Å²) in [6.07, 6.45) is -0.322. The maximum Gasteiger partial charge on any atom is 0.417 e. The Labute approximate surface area is 190 Å². The number of halogens is 1. The first kappa shape index (κ1) is 23.0. The van der Waals surface area contributed by atoms with Gasteiger partial charge in [0.1, 0.15) is 18.2 Å². The van der Waals surface area contributed by atoms with E-state index in [1.165, 1.54) is 0 Å². The highest BCUT2D eigenvalue weighted by molar-refractivity contribution is 9.10. The molecule has 3 rings (SSSR count). The van der Waals surface area contributed by atoms with E-state index in [2.05, 4.69) is 15.9 Å². The quantitative estimate of drug-likeness (QED) is 0.561. The first-order chi connectivity index (χ1) is 14.7. The third-order valence-electron chi connectivity index (χ3n) is 4.93. The van der Waals surface area contributed by atoms with Crippen LogP contribution < -0.4 is 0 Å². The summed E-state index contributed by atoms with van der Waals surface area (Å²) in [5, 5.41) is 0. The Balaban J connectivity index is 1.84. The van der Waals surface area contributed by atoms with Crippen molar-refractivity contribution in [3.63, 3.8) is 0 Å². The van der Waals surface area contributed by atoms with Crippen molar-refractivity contribution < 1.29 is 23.9 Å². The highest BCUT2D eigenvalue weighted by atomic mass is 79.9. The Bertz CT molecular complexity index is 954. The van der Waals surface area contributed by atoms with Crippen LogP contribution in [0.1, 0.15) is 38.3 Å². The van der Waals surface area contributed by atoms with E-state index < -0.39 is 35.5 Å². The number of esters is 1. The predicted molar refractivity (Wildman–Crippen MR) is 119 cm³/mol. The molecule has 2 atom stereocenters. The fraction of sp³-hybridized carbons (Fsp3) is 0.375. The van der Waals surface area contributed by atoms with Gasteiger partial charge in [0, 0.05) is 16.8 Å². The van der Waals surface area contributed by atoms with Crippen LogP contribution >= 0.6 is 15.9 Å². The molecule has 1 heterocycles. The molecule has 0 aromatic heterocycles. The van der Waals surface area contributed by atoms with Crippen molar-refractivity contribution in [2.24, 2.45) is 5.92 Å². The first-order valence-electron chi connectivity index (χ1n) is 10.1. The van der Waals surface area contributed by atoms with Crippen molar-refractivity contribution >= 4 is 33.9 Å². The number of likely N-dealkylation sites (tertiary alicyclic amines) is 1. The van der Waals surface area contributed by atoms with Gasteiger partial charge >= 0.3 is 12.1 Å². The van der Waals surface area contributed by atoms with Crippen LogP contribution in [0.15, 0.2) is 59.1 Å². The summed E-state index contributed by atoms with van der Waals surface area (Å²) in [4.78, 5) is 39.6. The van der Waals surface area contributed by atoms with Crippen molar-refractivity contribution in [3.8, 4) is 0 Å². The number of ether oxygens (including phenoxy) is 2. The van der Waals surface area contributed by atoms with E-state index in [9.17, 15) is 14.4 Å². The summed E-state index contributed by atoms with van der Waals surface area (Å²) in [5.74, 6) is -1.47. The zero-order valence-electron chi connectivity index (χ0n) is 17.8. The topological polar surface area (TPSA) is 72.9 Å². The van der Waals surface area contributed by atoms with Gasteiger partial charge in [-0.05, 0) is 44.4 Å². The van der Waals surface area contributed by atoms with E-state index in [1.807, 2.05) is 54.6 Å². The van der Waals surface area contributed by atoms with Crippen molar-refractivity contribution in [3.05, 3.63) is 70.2 Å². The molecule has 2 aromatic rings. The second kappa shape index (κ2) is 9.64. The SMILES string of the molecule is CC(C)(C)OC(=O)N1C(=O)C[C@@H](Cc2ccccc2Br)C1C(=O)OCc1ccccc1. The summed E-state index contributed by atoms with van der Waals surface area (Å²) in [6, 6.07) is 15.8. The molecule has 0 radical (unpaired) electrons. The molecule has 2 aromatic carbocycles. The normalized spacial score (nSPS) is 18.7. The van der Waals surface area contributed by atoms with E-state index in [-0.39, 0.29) is 13.0 Å². The minimum absolute atomic E-state index is 0.0612. The van der Waals surface area contributed by atoms with Crippen molar-refractivity contribution in [2.45, 2.75) is 51.9 Å². The van der Waals surface area contributed by atoms with E-state index >= 15 is 0 Å². The van der Waals surface area contributed by atoms with Crippen molar-refractivity contribution in [1.82, 2.24) is 4.90 Å². The molecule has 2 amide bonds. The Morgan fingerprint density at radius 2 is 1.71 bits per heavy atom. The van der Waals surface area contributed by atoms with Gasteiger partial charge in [-0.1, -0.05) is 64.5 Å². The first-order valence-corrected chi connectivity index (χ1v) is 10.9. The second-order valence-electron chi connectivity index (χ2n) is 8.54. The van der Waals surface area contributed by atoms with E-state index in [4.69, 9.17) is 9.47 Å². The lowest BCUT2D eigenvalue weighted by molar-refractivity contribution is -0.153. The maximum atomic E-state index is 13.1. The minimum Gasteiger partial charge on any atom is -0.459 e. The zero-order chi connectivity index (χ0) is 22.6. The van der Waals surface area contributed by atoms with Gasteiger partial charge in [-0.25, -0.2) is 14.5 Å². The Morgan fingerprint density at radius 1 is 1.06 bits per heavy atom. The molecule has 1 unspecified atom stereocenters. The van der Waals surface area contributed by atoms with Gasteiger partial charge in [-0.3, -0.25) is 4.79 Å². The van der Waals surface area contributed by atoms with Gasteiger partial charge in [0.25, 0.3) is 0 Å². The molecule has 1 fully saturated rings. The van der Waals surface area contributed by atoms with Gasteiger partial charge < -0.3 is 9.47 Å². The van der Waals surface area contributed by atoms with Crippen LogP contribution in [0, 0.1) is 5.92 Å². The fourth-order valence-corrected chi connectivity index (χ4v) is 4.02. The van der Waals surface area contributed by atoms with E-state index in [0.29, 0.717) is 6.42 Å². The molecular formula is C24H26BrNO5. The van der Waals surface area contributed by atoms with Crippen LogP contribution in [-0.2, 0) is 32.1 Å². The number of carbonyl (C=O) groups excluding carboxylic acids is 3. The van der Waals surface area contributed by atoms with Gasteiger partial charge in [-0.2, -0.15) is 0 Å². The molecule has 0 N–H and O–H groups in total. The second-order valence-corrected chi connectivity index (χ2v) is 9.40. The molecule has 1 aliphatic rings. The molecule has 6 nitrogen and oxygen atoms in total.